The molecule has 4 rings (SSSR count). The summed E-state index contributed by atoms with van der Waals surface area (Å²) >= 11 is 6.08. The lowest BCUT2D eigenvalue weighted by Gasteiger charge is -2.23. The van der Waals surface area contributed by atoms with Crippen molar-refractivity contribution in [3.63, 3.8) is 0 Å². The molecule has 12 heteroatoms. The molecule has 3 aromatic rings. The van der Waals surface area contributed by atoms with Crippen molar-refractivity contribution < 1.29 is 14.3 Å². The molecule has 0 unspecified atom stereocenters. The van der Waals surface area contributed by atoms with Crippen LogP contribution in [0, 0.1) is 23.2 Å². The number of aromatic nitrogens is 5. The van der Waals surface area contributed by atoms with E-state index in [0.29, 0.717) is 41.3 Å². The first kappa shape index (κ1) is 25.1. The fourth-order valence-corrected chi connectivity index (χ4v) is 4.33. The highest BCUT2D eigenvalue weighted by Gasteiger charge is 2.26. The molecule has 2 amide bonds. The van der Waals surface area contributed by atoms with E-state index in [4.69, 9.17) is 21.6 Å². The smallest absolute Gasteiger partial charge is 0.413 e. The third-order valence-electron chi connectivity index (χ3n) is 6.11. The number of carbonyl (C=O) groups is 2. The van der Waals surface area contributed by atoms with Gasteiger partial charge < -0.3 is 10.1 Å². The van der Waals surface area contributed by atoms with Gasteiger partial charge in [0.05, 0.1) is 23.6 Å². The number of nitriles is 1. The van der Waals surface area contributed by atoms with Gasteiger partial charge in [0, 0.05) is 30.6 Å². The lowest BCUT2D eigenvalue weighted by Crippen LogP contribution is -2.26. The summed E-state index contributed by atoms with van der Waals surface area (Å²) in [5, 5.41) is 22.9. The molecule has 36 heavy (non-hydrogen) atoms. The largest absolute Gasteiger partial charge is 0.441 e. The van der Waals surface area contributed by atoms with Crippen molar-refractivity contribution in [2.45, 2.75) is 38.7 Å². The molecule has 0 bridgehead atoms. The molecule has 11 nitrogen and oxygen atoms in total. The molecular formula is C24H25ClN8O3. The maximum Gasteiger partial charge on any atom is 0.413 e. The van der Waals surface area contributed by atoms with Gasteiger partial charge in [0.15, 0.2) is 11.5 Å². The van der Waals surface area contributed by atoms with Gasteiger partial charge in [0.2, 0.25) is 5.91 Å². The summed E-state index contributed by atoms with van der Waals surface area (Å²) in [4.78, 5) is 33.5. The Hall–Kier alpha value is -4.04. The highest BCUT2D eigenvalue weighted by Crippen LogP contribution is 2.30. The number of carbonyl (C=O) groups excluding carboxylic acids is 2. The second-order valence-electron chi connectivity index (χ2n) is 8.57. The minimum atomic E-state index is -0.718. The maximum absolute atomic E-state index is 12.6. The third-order valence-corrected chi connectivity index (χ3v) is 6.43. The van der Waals surface area contributed by atoms with Gasteiger partial charge in [-0.05, 0) is 50.8 Å². The Kier molecular flexibility index (Phi) is 7.75. The molecule has 3 heterocycles. The molecule has 1 fully saturated rings. The van der Waals surface area contributed by atoms with Gasteiger partial charge in [-0.1, -0.05) is 22.9 Å². The van der Waals surface area contributed by atoms with Crippen LogP contribution in [0.15, 0.2) is 36.7 Å². The fraction of sp³-hybridized carbons (Fsp3) is 0.375. The molecule has 0 aliphatic heterocycles. The van der Waals surface area contributed by atoms with Crippen molar-refractivity contribution in [1.82, 2.24) is 25.0 Å². The topological polar surface area (TPSA) is 148 Å². The van der Waals surface area contributed by atoms with Crippen molar-refractivity contribution >= 4 is 35.1 Å². The van der Waals surface area contributed by atoms with Crippen LogP contribution in [0.25, 0.3) is 11.4 Å². The van der Waals surface area contributed by atoms with Gasteiger partial charge >= 0.3 is 6.09 Å². The number of rotatable bonds is 6. The molecule has 1 aliphatic rings. The molecule has 0 radical (unpaired) electrons. The molecule has 0 aromatic carbocycles. The van der Waals surface area contributed by atoms with Crippen molar-refractivity contribution in [2.75, 3.05) is 10.6 Å². The SMILES string of the molecule is C[C@@H](OC(=O)Nc1c(-c2ccc(NC(=O)C3CCC(C#N)CC3)cn2)nnn1C)c1cccnc1Cl. The Balaban J connectivity index is 1.40. The average molecular weight is 509 g/mol. The highest BCUT2D eigenvalue weighted by molar-refractivity contribution is 6.30. The first-order valence-electron chi connectivity index (χ1n) is 11.5. The Morgan fingerprint density at radius 3 is 2.64 bits per heavy atom. The van der Waals surface area contributed by atoms with Crippen LogP contribution in [0.4, 0.5) is 16.3 Å². The molecule has 0 saturated heterocycles. The van der Waals surface area contributed by atoms with E-state index in [-0.39, 0.29) is 22.9 Å². The standard InChI is InChI=1S/C24H25ClN8O3/c1-14(18-4-3-11-27-21(18)25)36-24(35)30-22-20(31-32-33(22)2)19-10-9-17(13-28-19)29-23(34)16-7-5-15(12-26)6-8-16/h3-4,9-11,13-16H,5-8H2,1-2H3,(H,29,34)(H,30,35)/t14-,15?,16?/m1/s1. The van der Waals surface area contributed by atoms with E-state index in [1.165, 1.54) is 10.9 Å². The number of nitrogens with zero attached hydrogens (tertiary/aromatic N) is 6. The number of hydrogen-bond donors (Lipinski definition) is 2. The van der Waals surface area contributed by atoms with E-state index >= 15 is 0 Å². The van der Waals surface area contributed by atoms with Crippen molar-refractivity contribution in [3.05, 3.63) is 47.4 Å². The number of pyridine rings is 2. The van der Waals surface area contributed by atoms with Gasteiger partial charge in [-0.15, -0.1) is 5.10 Å². The van der Waals surface area contributed by atoms with Crippen LogP contribution in [0.2, 0.25) is 5.15 Å². The van der Waals surface area contributed by atoms with Crippen molar-refractivity contribution in [3.8, 4) is 17.5 Å². The fourth-order valence-electron chi connectivity index (χ4n) is 4.06. The molecule has 2 N–H and O–H groups in total. The second-order valence-corrected chi connectivity index (χ2v) is 8.92. The van der Waals surface area contributed by atoms with Crippen LogP contribution in [-0.4, -0.2) is 37.0 Å². The zero-order chi connectivity index (χ0) is 25.7. The van der Waals surface area contributed by atoms with E-state index in [1.807, 2.05) is 0 Å². The lowest BCUT2D eigenvalue weighted by atomic mass is 9.82. The van der Waals surface area contributed by atoms with Crippen LogP contribution in [-0.2, 0) is 16.6 Å². The van der Waals surface area contributed by atoms with Gasteiger partial charge in [-0.2, -0.15) is 5.26 Å². The first-order chi connectivity index (χ1) is 17.4. The first-order valence-corrected chi connectivity index (χ1v) is 11.9. The summed E-state index contributed by atoms with van der Waals surface area (Å²) in [5.74, 6) is 0.148. The molecule has 186 valence electrons. The van der Waals surface area contributed by atoms with Crippen LogP contribution >= 0.6 is 11.6 Å². The van der Waals surface area contributed by atoms with Crippen LogP contribution in [0.1, 0.15) is 44.3 Å². The van der Waals surface area contributed by atoms with Crippen LogP contribution in [0.3, 0.4) is 0 Å². The van der Waals surface area contributed by atoms with Crippen molar-refractivity contribution in [1.29, 1.82) is 5.26 Å². The minimum Gasteiger partial charge on any atom is -0.441 e. The zero-order valence-electron chi connectivity index (χ0n) is 19.8. The molecule has 1 aliphatic carbocycles. The molecule has 1 atom stereocenters. The normalized spacial score (nSPS) is 18.1. The van der Waals surface area contributed by atoms with E-state index in [1.54, 1.807) is 44.4 Å². The van der Waals surface area contributed by atoms with E-state index in [2.05, 4.69) is 37.0 Å². The summed E-state index contributed by atoms with van der Waals surface area (Å²) in [5.41, 5.74) is 1.92. The number of nitrogens with one attached hydrogen (secondary N) is 2. The molecule has 3 aromatic heterocycles. The average Bonchev–Trinajstić information content (AvgIpc) is 3.24. The second kappa shape index (κ2) is 11.1. The third kappa shape index (κ3) is 5.78. The van der Waals surface area contributed by atoms with E-state index in [0.717, 1.165) is 12.8 Å². The summed E-state index contributed by atoms with van der Waals surface area (Å²) in [6, 6.07) is 9.10. The Morgan fingerprint density at radius 2 is 1.97 bits per heavy atom. The quantitative estimate of drug-likeness (QED) is 0.462. The number of anilines is 2. The summed E-state index contributed by atoms with van der Waals surface area (Å²) in [6.07, 6.45) is 4.61. The molecule has 1 saturated carbocycles. The zero-order valence-corrected chi connectivity index (χ0v) is 20.6. The number of ether oxygens (including phenoxy) is 1. The highest BCUT2D eigenvalue weighted by atomic mass is 35.5. The summed E-state index contributed by atoms with van der Waals surface area (Å²) < 4.78 is 6.84. The predicted octanol–water partition coefficient (Wildman–Crippen LogP) is 4.50. The van der Waals surface area contributed by atoms with Gasteiger partial charge in [-0.25, -0.2) is 14.5 Å². The van der Waals surface area contributed by atoms with Crippen LogP contribution < -0.4 is 10.6 Å². The van der Waals surface area contributed by atoms with E-state index < -0.39 is 12.2 Å². The van der Waals surface area contributed by atoms with Gasteiger partial charge in [-0.3, -0.25) is 15.1 Å². The summed E-state index contributed by atoms with van der Waals surface area (Å²) in [7, 11) is 1.63. The van der Waals surface area contributed by atoms with E-state index in [9.17, 15) is 9.59 Å². The number of amides is 2. The van der Waals surface area contributed by atoms with Gasteiger partial charge in [0.25, 0.3) is 0 Å². The number of halogens is 1. The number of hydrogen-bond acceptors (Lipinski definition) is 8. The lowest BCUT2D eigenvalue weighted by molar-refractivity contribution is -0.120. The number of aryl methyl sites for hydroxylation is 1. The molecule has 0 spiro atoms. The van der Waals surface area contributed by atoms with Gasteiger partial charge in [0.1, 0.15) is 11.3 Å². The predicted molar refractivity (Wildman–Crippen MR) is 132 cm³/mol. The monoisotopic (exact) mass is 508 g/mol. The minimum absolute atomic E-state index is 0.0402. The summed E-state index contributed by atoms with van der Waals surface area (Å²) in [6.45, 7) is 1.69. The molecular weight excluding hydrogens is 484 g/mol. The maximum atomic E-state index is 12.6. The van der Waals surface area contributed by atoms with Crippen LogP contribution in [0.5, 0.6) is 0 Å². The Labute approximate surface area is 212 Å². The Bertz CT molecular complexity index is 1280. The Morgan fingerprint density at radius 1 is 1.19 bits per heavy atom. The van der Waals surface area contributed by atoms with Crippen molar-refractivity contribution in [2.24, 2.45) is 18.9 Å².